The lowest BCUT2D eigenvalue weighted by Crippen LogP contribution is -2.13. The van der Waals surface area contributed by atoms with Crippen LogP contribution in [0.15, 0.2) is 11.2 Å². The maximum absolute atomic E-state index is 12.8. The first-order chi connectivity index (χ1) is 10.1. The van der Waals surface area contributed by atoms with Gasteiger partial charge in [0, 0.05) is 23.0 Å². The lowest BCUT2D eigenvalue weighted by molar-refractivity contribution is -0.147. The standard InChI is InChI=1S/C13H16F3N5S/c1-7(2)20-8(3)5-10(9(20)4)6-17-21-11(13(14,15)16)18-19-12(21)22/h5-7H,1-4H3,(H,19,22)/b17-6-. The molecule has 5 nitrogen and oxygen atoms in total. The average Bonchev–Trinajstić information content (AvgIpc) is 2.87. The van der Waals surface area contributed by atoms with Crippen molar-refractivity contribution in [3.63, 3.8) is 0 Å². The number of H-pyrrole nitrogens is 1. The van der Waals surface area contributed by atoms with E-state index in [0.717, 1.165) is 17.0 Å². The fourth-order valence-corrected chi connectivity index (χ4v) is 2.61. The van der Waals surface area contributed by atoms with Gasteiger partial charge in [-0.15, -0.1) is 5.10 Å². The number of aromatic amines is 1. The number of nitrogens with zero attached hydrogens (tertiary/aromatic N) is 4. The Morgan fingerprint density at radius 1 is 1.36 bits per heavy atom. The van der Waals surface area contributed by atoms with Crippen molar-refractivity contribution in [3.05, 3.63) is 33.6 Å². The Kier molecular flexibility index (Phi) is 4.28. The van der Waals surface area contributed by atoms with E-state index in [-0.39, 0.29) is 10.8 Å². The Hall–Kier alpha value is -1.90. The Morgan fingerprint density at radius 2 is 2.00 bits per heavy atom. The van der Waals surface area contributed by atoms with Crippen LogP contribution < -0.4 is 0 Å². The van der Waals surface area contributed by atoms with Crippen molar-refractivity contribution in [1.29, 1.82) is 0 Å². The number of nitrogens with one attached hydrogen (secondary N) is 1. The molecule has 0 aliphatic heterocycles. The molecule has 9 heteroatoms. The molecule has 1 N–H and O–H groups in total. The number of alkyl halides is 3. The summed E-state index contributed by atoms with van der Waals surface area (Å²) in [6.07, 6.45) is -3.26. The fourth-order valence-electron chi connectivity index (χ4n) is 2.43. The van der Waals surface area contributed by atoms with Crippen LogP contribution in [0.4, 0.5) is 13.2 Å². The first-order valence-electron chi connectivity index (χ1n) is 6.60. The molecule has 2 aromatic rings. The van der Waals surface area contributed by atoms with Crippen LogP contribution in [0.5, 0.6) is 0 Å². The molecule has 0 bridgehead atoms. The van der Waals surface area contributed by atoms with E-state index in [2.05, 4.69) is 19.9 Å². The Bertz CT molecular complexity index is 764. The molecule has 0 unspecified atom stereocenters. The minimum Gasteiger partial charge on any atom is -0.346 e. The normalized spacial score (nSPS) is 12.7. The van der Waals surface area contributed by atoms with Crippen LogP contribution in [0.25, 0.3) is 0 Å². The monoisotopic (exact) mass is 331 g/mol. The van der Waals surface area contributed by atoms with E-state index in [0.29, 0.717) is 4.68 Å². The zero-order chi connectivity index (χ0) is 16.7. The van der Waals surface area contributed by atoms with Crippen LogP contribution in [0, 0.1) is 18.6 Å². The Balaban J connectivity index is 2.45. The Morgan fingerprint density at radius 3 is 2.50 bits per heavy atom. The minimum absolute atomic E-state index is 0.207. The molecule has 0 radical (unpaired) electrons. The zero-order valence-corrected chi connectivity index (χ0v) is 13.4. The van der Waals surface area contributed by atoms with Gasteiger partial charge in [-0.2, -0.15) is 22.9 Å². The Labute approximate surface area is 130 Å². The second kappa shape index (κ2) is 5.71. The first kappa shape index (κ1) is 16.5. The number of aryl methyl sites for hydroxylation is 1. The summed E-state index contributed by atoms with van der Waals surface area (Å²) in [5, 5.41) is 9.12. The van der Waals surface area contributed by atoms with E-state index in [1.165, 1.54) is 6.21 Å². The molecule has 2 heterocycles. The highest BCUT2D eigenvalue weighted by Gasteiger charge is 2.37. The van der Waals surface area contributed by atoms with Crippen molar-refractivity contribution in [3.8, 4) is 0 Å². The molecule has 0 aliphatic rings. The first-order valence-corrected chi connectivity index (χ1v) is 7.01. The van der Waals surface area contributed by atoms with Gasteiger partial charge in [0.1, 0.15) is 0 Å². The van der Waals surface area contributed by atoms with E-state index in [4.69, 9.17) is 12.2 Å². The van der Waals surface area contributed by atoms with E-state index in [1.54, 1.807) is 0 Å². The predicted octanol–water partition coefficient (Wildman–Crippen LogP) is 3.84. The van der Waals surface area contributed by atoms with Crippen LogP contribution in [-0.2, 0) is 6.18 Å². The van der Waals surface area contributed by atoms with Crippen molar-refractivity contribution < 1.29 is 13.2 Å². The van der Waals surface area contributed by atoms with Crippen LogP contribution in [0.1, 0.15) is 42.7 Å². The van der Waals surface area contributed by atoms with E-state index in [9.17, 15) is 13.2 Å². The molecule has 120 valence electrons. The minimum atomic E-state index is -4.63. The van der Waals surface area contributed by atoms with Gasteiger partial charge in [-0.05, 0) is 46.0 Å². The van der Waals surface area contributed by atoms with Crippen molar-refractivity contribution in [2.45, 2.75) is 39.9 Å². The third-order valence-electron chi connectivity index (χ3n) is 3.26. The topological polar surface area (TPSA) is 50.9 Å². The summed E-state index contributed by atoms with van der Waals surface area (Å²) in [6, 6.07) is 2.12. The van der Waals surface area contributed by atoms with Gasteiger partial charge >= 0.3 is 6.18 Å². The molecule has 2 aromatic heterocycles. The molecule has 0 aromatic carbocycles. The predicted molar refractivity (Wildman–Crippen MR) is 79.7 cm³/mol. The van der Waals surface area contributed by atoms with E-state index < -0.39 is 12.0 Å². The van der Waals surface area contributed by atoms with Crippen LogP contribution in [0.2, 0.25) is 0 Å². The molecule has 0 saturated heterocycles. The summed E-state index contributed by atoms with van der Waals surface area (Å²) in [6.45, 7) is 7.91. The summed E-state index contributed by atoms with van der Waals surface area (Å²) in [5.74, 6) is -1.17. The molecular formula is C13H16F3N5S. The summed E-state index contributed by atoms with van der Waals surface area (Å²) in [4.78, 5) is 0. The van der Waals surface area contributed by atoms with Crippen molar-refractivity contribution >= 4 is 18.4 Å². The van der Waals surface area contributed by atoms with Crippen molar-refractivity contribution in [1.82, 2.24) is 19.4 Å². The SMILES string of the molecule is Cc1cc(/C=N\n2c(C(F)(F)F)n[nH]c2=S)c(C)n1C(C)C. The second-order valence-corrected chi connectivity index (χ2v) is 5.58. The number of hydrogen-bond donors (Lipinski definition) is 1. The molecule has 2 rings (SSSR count). The lowest BCUT2D eigenvalue weighted by atomic mass is 10.2. The summed E-state index contributed by atoms with van der Waals surface area (Å²) in [7, 11) is 0. The van der Waals surface area contributed by atoms with Gasteiger partial charge in [0.2, 0.25) is 4.77 Å². The quantitative estimate of drug-likeness (QED) is 0.686. The zero-order valence-electron chi connectivity index (χ0n) is 12.6. The van der Waals surface area contributed by atoms with E-state index >= 15 is 0 Å². The molecular weight excluding hydrogens is 315 g/mol. The highest BCUT2D eigenvalue weighted by molar-refractivity contribution is 7.71. The fraction of sp³-hybridized carbons (Fsp3) is 0.462. The third-order valence-corrected chi connectivity index (χ3v) is 3.52. The van der Waals surface area contributed by atoms with Gasteiger partial charge < -0.3 is 4.57 Å². The largest absolute Gasteiger partial charge is 0.453 e. The number of hydrogen-bond acceptors (Lipinski definition) is 3. The van der Waals surface area contributed by atoms with Crippen LogP contribution >= 0.6 is 12.2 Å². The van der Waals surface area contributed by atoms with Crippen molar-refractivity contribution in [2.24, 2.45) is 5.10 Å². The van der Waals surface area contributed by atoms with Gasteiger partial charge in [-0.25, -0.2) is 5.10 Å². The van der Waals surface area contributed by atoms with Gasteiger partial charge in [-0.1, -0.05) is 0 Å². The summed E-state index contributed by atoms with van der Waals surface area (Å²) < 4.78 is 40.9. The van der Waals surface area contributed by atoms with Crippen LogP contribution in [0.3, 0.4) is 0 Å². The lowest BCUT2D eigenvalue weighted by Gasteiger charge is -2.13. The molecule has 0 atom stereocenters. The molecule has 22 heavy (non-hydrogen) atoms. The maximum atomic E-state index is 12.8. The summed E-state index contributed by atoms with van der Waals surface area (Å²) >= 11 is 4.79. The van der Waals surface area contributed by atoms with Crippen LogP contribution in [-0.4, -0.2) is 25.7 Å². The highest BCUT2D eigenvalue weighted by atomic mass is 32.1. The van der Waals surface area contributed by atoms with Crippen molar-refractivity contribution in [2.75, 3.05) is 0 Å². The molecule has 0 aliphatic carbocycles. The third kappa shape index (κ3) is 2.99. The van der Waals surface area contributed by atoms with Gasteiger partial charge in [0.05, 0.1) is 6.21 Å². The van der Waals surface area contributed by atoms with Gasteiger partial charge in [-0.3, -0.25) is 0 Å². The van der Waals surface area contributed by atoms with E-state index in [1.807, 2.05) is 33.8 Å². The number of rotatable bonds is 3. The highest BCUT2D eigenvalue weighted by Crippen LogP contribution is 2.27. The molecule has 0 spiro atoms. The van der Waals surface area contributed by atoms with Gasteiger partial charge in [0.15, 0.2) is 0 Å². The molecule has 0 saturated carbocycles. The molecule has 0 amide bonds. The molecule has 0 fully saturated rings. The number of halogens is 3. The second-order valence-electron chi connectivity index (χ2n) is 5.20. The van der Waals surface area contributed by atoms with Gasteiger partial charge in [0.25, 0.3) is 5.82 Å². The summed E-state index contributed by atoms with van der Waals surface area (Å²) in [5.41, 5.74) is 2.68. The number of aromatic nitrogens is 4. The maximum Gasteiger partial charge on any atom is 0.453 e. The smallest absolute Gasteiger partial charge is 0.346 e. The average molecular weight is 331 g/mol.